The predicted molar refractivity (Wildman–Crippen MR) is 91.4 cm³/mol. The van der Waals surface area contributed by atoms with Gasteiger partial charge in [0.05, 0.1) is 24.7 Å². The average Bonchev–Trinajstić information content (AvgIpc) is 2.54. The second-order valence-electron chi connectivity index (χ2n) is 5.97. The van der Waals surface area contributed by atoms with Gasteiger partial charge in [-0.25, -0.2) is 0 Å². The summed E-state index contributed by atoms with van der Waals surface area (Å²) in [6.45, 7) is 5.49. The number of phenols is 2. The van der Waals surface area contributed by atoms with Gasteiger partial charge in [-0.1, -0.05) is 12.1 Å². The molecule has 5 nitrogen and oxygen atoms in total. The molecule has 0 aliphatic carbocycles. The molecule has 2 aromatic rings. The molecule has 0 unspecified atom stereocenters. The van der Waals surface area contributed by atoms with Crippen LogP contribution in [0.4, 0.5) is 0 Å². The van der Waals surface area contributed by atoms with Crippen LogP contribution in [0.25, 0.3) is 11.1 Å². The van der Waals surface area contributed by atoms with E-state index in [-0.39, 0.29) is 24.1 Å². The average molecular weight is 330 g/mol. The molecule has 0 spiro atoms. The van der Waals surface area contributed by atoms with Crippen molar-refractivity contribution in [1.82, 2.24) is 0 Å². The molecule has 0 fully saturated rings. The molecule has 0 aliphatic heterocycles. The maximum absolute atomic E-state index is 12.2. The number of carbonyl (C=O) groups excluding carboxylic acids is 1. The highest BCUT2D eigenvalue weighted by molar-refractivity contribution is 5.85. The fourth-order valence-electron chi connectivity index (χ4n) is 2.50. The molecule has 0 heterocycles. The molecule has 0 saturated heterocycles. The molecule has 128 valence electrons. The third-order valence-electron chi connectivity index (χ3n) is 3.94. The number of rotatable bonds is 5. The molecule has 2 aromatic carbocycles. The summed E-state index contributed by atoms with van der Waals surface area (Å²) in [6, 6.07) is 9.75. The first-order valence-electron chi connectivity index (χ1n) is 7.69. The maximum atomic E-state index is 12.2. The Labute approximate surface area is 141 Å². The van der Waals surface area contributed by atoms with Gasteiger partial charge in [-0.2, -0.15) is 0 Å². The van der Waals surface area contributed by atoms with Crippen LogP contribution in [-0.2, 0) is 14.9 Å². The summed E-state index contributed by atoms with van der Waals surface area (Å²) in [5.74, 6) is 0.0849. The number of phenolic OH excluding ortho intramolecular Hbond substituents is 2. The molecule has 2 N–H and O–H groups in total. The molecule has 24 heavy (non-hydrogen) atoms. The van der Waals surface area contributed by atoms with Gasteiger partial charge in [-0.05, 0) is 56.2 Å². The van der Waals surface area contributed by atoms with Crippen LogP contribution in [0.3, 0.4) is 0 Å². The fourth-order valence-corrected chi connectivity index (χ4v) is 2.50. The van der Waals surface area contributed by atoms with E-state index in [1.54, 1.807) is 45.0 Å². The van der Waals surface area contributed by atoms with Crippen LogP contribution in [0.2, 0.25) is 0 Å². The van der Waals surface area contributed by atoms with E-state index in [1.165, 1.54) is 19.2 Å². The van der Waals surface area contributed by atoms with Crippen LogP contribution < -0.4 is 4.74 Å². The molecule has 0 aromatic heterocycles. The van der Waals surface area contributed by atoms with Gasteiger partial charge in [-0.15, -0.1) is 0 Å². The van der Waals surface area contributed by atoms with Crippen molar-refractivity contribution < 1.29 is 24.5 Å². The summed E-state index contributed by atoms with van der Waals surface area (Å²) in [4.78, 5) is 12.2. The third-order valence-corrected chi connectivity index (χ3v) is 3.94. The summed E-state index contributed by atoms with van der Waals surface area (Å²) in [5, 5.41) is 20.2. The summed E-state index contributed by atoms with van der Waals surface area (Å²) in [6.07, 6.45) is 0. The van der Waals surface area contributed by atoms with Crippen molar-refractivity contribution in [2.75, 3.05) is 13.7 Å². The number of ether oxygens (including phenoxy) is 2. The van der Waals surface area contributed by atoms with Gasteiger partial charge < -0.3 is 19.7 Å². The van der Waals surface area contributed by atoms with Gasteiger partial charge in [0.25, 0.3) is 0 Å². The molecule has 0 atom stereocenters. The predicted octanol–water partition coefficient (Wildman–Crippen LogP) is 3.61. The van der Waals surface area contributed by atoms with Gasteiger partial charge in [0.1, 0.15) is 17.2 Å². The van der Waals surface area contributed by atoms with Crippen LogP contribution in [0.15, 0.2) is 36.4 Å². The van der Waals surface area contributed by atoms with Crippen molar-refractivity contribution >= 4 is 5.97 Å². The van der Waals surface area contributed by atoms with Crippen LogP contribution in [0, 0.1) is 0 Å². The normalized spacial score (nSPS) is 11.2. The van der Waals surface area contributed by atoms with Crippen molar-refractivity contribution in [2.24, 2.45) is 0 Å². The molecular formula is C19H22O5. The van der Waals surface area contributed by atoms with E-state index in [2.05, 4.69) is 0 Å². The Bertz CT molecular complexity index is 749. The zero-order chi connectivity index (χ0) is 17.9. The Hall–Kier alpha value is -2.69. The zero-order valence-corrected chi connectivity index (χ0v) is 14.3. The van der Waals surface area contributed by atoms with Crippen molar-refractivity contribution in [2.45, 2.75) is 26.2 Å². The number of methoxy groups -OCH3 is 1. The molecule has 0 radical (unpaired) electrons. The smallest absolute Gasteiger partial charge is 0.315 e. The Kier molecular flexibility index (Phi) is 5.02. The molecule has 0 amide bonds. The van der Waals surface area contributed by atoms with E-state index in [0.717, 1.165) is 0 Å². The van der Waals surface area contributed by atoms with E-state index in [1.807, 2.05) is 0 Å². The Balaban J connectivity index is 2.58. The van der Waals surface area contributed by atoms with Gasteiger partial charge in [-0.3, -0.25) is 4.79 Å². The number of aromatic hydroxyl groups is 2. The van der Waals surface area contributed by atoms with Crippen molar-refractivity contribution in [3.05, 3.63) is 42.0 Å². The third kappa shape index (κ3) is 3.30. The largest absolute Gasteiger partial charge is 0.508 e. The van der Waals surface area contributed by atoms with Crippen molar-refractivity contribution in [3.8, 4) is 28.4 Å². The number of hydrogen-bond donors (Lipinski definition) is 2. The molecule has 0 aliphatic rings. The summed E-state index contributed by atoms with van der Waals surface area (Å²) >= 11 is 0. The number of benzene rings is 2. The van der Waals surface area contributed by atoms with E-state index in [0.29, 0.717) is 22.4 Å². The van der Waals surface area contributed by atoms with Gasteiger partial charge >= 0.3 is 5.97 Å². The monoisotopic (exact) mass is 330 g/mol. The molecule has 0 bridgehead atoms. The summed E-state index contributed by atoms with van der Waals surface area (Å²) in [7, 11) is 1.49. The molecular weight excluding hydrogens is 308 g/mol. The van der Waals surface area contributed by atoms with Crippen LogP contribution >= 0.6 is 0 Å². The number of hydrogen-bond acceptors (Lipinski definition) is 5. The Morgan fingerprint density at radius 2 is 1.88 bits per heavy atom. The van der Waals surface area contributed by atoms with E-state index >= 15 is 0 Å². The van der Waals surface area contributed by atoms with Crippen molar-refractivity contribution in [3.63, 3.8) is 0 Å². The SMILES string of the molecule is CCOC(=O)C(C)(C)c1cc(O)c(-c2cccc(O)c2)c(OC)c1. The first-order valence-corrected chi connectivity index (χ1v) is 7.69. The minimum Gasteiger partial charge on any atom is -0.508 e. The van der Waals surface area contributed by atoms with E-state index < -0.39 is 5.41 Å². The number of carbonyl (C=O) groups is 1. The van der Waals surface area contributed by atoms with Crippen LogP contribution in [0.5, 0.6) is 17.2 Å². The lowest BCUT2D eigenvalue weighted by atomic mass is 9.83. The quantitative estimate of drug-likeness (QED) is 0.819. The fraction of sp³-hybridized carbons (Fsp3) is 0.316. The Morgan fingerprint density at radius 3 is 2.46 bits per heavy atom. The first kappa shape index (κ1) is 17.7. The second-order valence-corrected chi connectivity index (χ2v) is 5.97. The van der Waals surface area contributed by atoms with Gasteiger partial charge in [0.2, 0.25) is 0 Å². The minimum absolute atomic E-state index is 0.0349. The maximum Gasteiger partial charge on any atom is 0.315 e. The lowest BCUT2D eigenvalue weighted by molar-refractivity contribution is -0.148. The van der Waals surface area contributed by atoms with E-state index in [4.69, 9.17) is 9.47 Å². The molecule has 0 saturated carbocycles. The highest BCUT2D eigenvalue weighted by Gasteiger charge is 2.33. The summed E-state index contributed by atoms with van der Waals surface area (Å²) in [5.41, 5.74) is 0.721. The first-order chi connectivity index (χ1) is 11.3. The Morgan fingerprint density at radius 1 is 1.17 bits per heavy atom. The minimum atomic E-state index is -0.932. The molecule has 5 heteroatoms. The van der Waals surface area contributed by atoms with Crippen molar-refractivity contribution in [1.29, 1.82) is 0 Å². The standard InChI is InChI=1S/C19H22O5/c1-5-24-18(22)19(2,3)13-10-15(21)17(16(11-13)23-4)12-7-6-8-14(20)9-12/h6-11,20-21H,5H2,1-4H3. The number of esters is 1. The second kappa shape index (κ2) is 6.83. The highest BCUT2D eigenvalue weighted by atomic mass is 16.5. The van der Waals surface area contributed by atoms with Gasteiger partial charge in [0.15, 0.2) is 0 Å². The zero-order valence-electron chi connectivity index (χ0n) is 14.3. The van der Waals surface area contributed by atoms with Crippen LogP contribution in [-0.4, -0.2) is 29.9 Å². The molecule has 2 rings (SSSR count). The van der Waals surface area contributed by atoms with Crippen LogP contribution in [0.1, 0.15) is 26.3 Å². The highest BCUT2D eigenvalue weighted by Crippen LogP contribution is 2.42. The lowest BCUT2D eigenvalue weighted by Crippen LogP contribution is -2.31. The summed E-state index contributed by atoms with van der Waals surface area (Å²) < 4.78 is 10.5. The topological polar surface area (TPSA) is 76.0 Å². The lowest BCUT2D eigenvalue weighted by Gasteiger charge is -2.24. The van der Waals surface area contributed by atoms with E-state index in [9.17, 15) is 15.0 Å². The van der Waals surface area contributed by atoms with Gasteiger partial charge in [0, 0.05) is 0 Å².